The molecule has 0 fully saturated rings. The Morgan fingerprint density at radius 2 is 1.67 bits per heavy atom. The summed E-state index contributed by atoms with van der Waals surface area (Å²) in [6, 6.07) is 5.29. The Morgan fingerprint density at radius 1 is 1.06 bits per heavy atom. The van der Waals surface area contributed by atoms with Gasteiger partial charge in [0.15, 0.2) is 0 Å². The molecule has 36 heavy (non-hydrogen) atoms. The molecule has 0 radical (unpaired) electrons. The summed E-state index contributed by atoms with van der Waals surface area (Å²) in [5.74, 6) is -0.957. The van der Waals surface area contributed by atoms with Gasteiger partial charge in [-0.2, -0.15) is 11.8 Å². The lowest BCUT2D eigenvalue weighted by molar-refractivity contribution is -0.149. The van der Waals surface area contributed by atoms with Crippen LogP contribution in [0.1, 0.15) is 65.1 Å². The van der Waals surface area contributed by atoms with Gasteiger partial charge < -0.3 is 25.0 Å². The van der Waals surface area contributed by atoms with E-state index in [0.717, 1.165) is 5.56 Å². The van der Waals surface area contributed by atoms with Crippen molar-refractivity contribution in [3.8, 4) is 0 Å². The Balaban J connectivity index is 3.54. The number of aryl methyl sites for hydroxylation is 1. The van der Waals surface area contributed by atoms with Gasteiger partial charge in [-0.25, -0.2) is 4.79 Å². The molecule has 0 aliphatic rings. The average Bonchev–Trinajstić information content (AvgIpc) is 2.76. The summed E-state index contributed by atoms with van der Waals surface area (Å²) in [5.41, 5.74) is -0.138. The number of rotatable bonds is 10. The van der Waals surface area contributed by atoms with Crippen LogP contribution in [0.15, 0.2) is 24.3 Å². The van der Waals surface area contributed by atoms with Gasteiger partial charge in [0.25, 0.3) is 0 Å². The van der Waals surface area contributed by atoms with Crippen LogP contribution in [0.5, 0.6) is 0 Å². The first-order valence-corrected chi connectivity index (χ1v) is 13.2. The molecule has 0 aromatic heterocycles. The molecular formula is C26H41N3O6S. The fourth-order valence-corrected chi connectivity index (χ4v) is 4.05. The molecule has 0 spiro atoms. The van der Waals surface area contributed by atoms with Gasteiger partial charge in [-0.15, -0.1) is 0 Å². The predicted molar refractivity (Wildman–Crippen MR) is 142 cm³/mol. The van der Waals surface area contributed by atoms with E-state index in [1.807, 2.05) is 46.1 Å². The Morgan fingerprint density at radius 3 is 2.17 bits per heavy atom. The molecule has 0 aliphatic carbocycles. The van der Waals surface area contributed by atoms with Crippen LogP contribution < -0.4 is 10.6 Å². The summed E-state index contributed by atoms with van der Waals surface area (Å²) >= 11 is 1.54. The lowest BCUT2D eigenvalue weighted by Crippen LogP contribution is -2.59. The van der Waals surface area contributed by atoms with Crippen molar-refractivity contribution in [2.75, 3.05) is 25.7 Å². The van der Waals surface area contributed by atoms with Crippen molar-refractivity contribution in [2.45, 2.75) is 78.1 Å². The molecule has 3 amide bonds. The summed E-state index contributed by atoms with van der Waals surface area (Å²) in [7, 11) is 1.23. The monoisotopic (exact) mass is 523 g/mol. The molecule has 0 saturated heterocycles. The zero-order chi connectivity index (χ0) is 27.7. The second-order valence-electron chi connectivity index (χ2n) is 10.4. The predicted octanol–water partition coefficient (Wildman–Crippen LogP) is 3.60. The van der Waals surface area contributed by atoms with E-state index < -0.39 is 47.1 Å². The SMILES string of the molecule is COC(=O)CNC(=O)C(c1ccccc1C)N(C(=O)C(CCSC)NC(=O)OC(C)(C)C)C(C)(C)C. The van der Waals surface area contributed by atoms with Crippen LogP contribution in [-0.2, 0) is 23.9 Å². The maximum Gasteiger partial charge on any atom is 0.408 e. The number of carbonyl (C=O) groups is 4. The maximum atomic E-state index is 14.1. The van der Waals surface area contributed by atoms with Gasteiger partial charge in [0.2, 0.25) is 11.8 Å². The highest BCUT2D eigenvalue weighted by atomic mass is 32.2. The molecule has 2 atom stereocenters. The van der Waals surface area contributed by atoms with Crippen LogP contribution in [0.3, 0.4) is 0 Å². The van der Waals surface area contributed by atoms with E-state index in [9.17, 15) is 19.2 Å². The number of alkyl carbamates (subject to hydrolysis) is 1. The third kappa shape index (κ3) is 9.72. The fraction of sp³-hybridized carbons (Fsp3) is 0.615. The molecule has 1 aromatic carbocycles. The number of ether oxygens (including phenoxy) is 2. The van der Waals surface area contributed by atoms with Crippen LogP contribution in [-0.4, -0.2) is 71.6 Å². The number of thioether (sulfide) groups is 1. The summed E-state index contributed by atoms with van der Waals surface area (Å²) in [6.07, 6.45) is 1.54. The molecular weight excluding hydrogens is 482 g/mol. The van der Waals surface area contributed by atoms with Crippen molar-refractivity contribution in [1.29, 1.82) is 0 Å². The Labute approximate surface area is 219 Å². The van der Waals surface area contributed by atoms with Crippen molar-refractivity contribution < 1.29 is 28.7 Å². The maximum absolute atomic E-state index is 14.1. The van der Waals surface area contributed by atoms with Crippen molar-refractivity contribution in [2.24, 2.45) is 0 Å². The summed E-state index contributed by atoms with van der Waals surface area (Å²) in [5, 5.41) is 5.31. The van der Waals surface area contributed by atoms with Gasteiger partial charge in [0.05, 0.1) is 7.11 Å². The van der Waals surface area contributed by atoms with Gasteiger partial charge in [-0.3, -0.25) is 14.4 Å². The van der Waals surface area contributed by atoms with Gasteiger partial charge >= 0.3 is 12.1 Å². The van der Waals surface area contributed by atoms with E-state index in [1.165, 1.54) is 12.0 Å². The topological polar surface area (TPSA) is 114 Å². The summed E-state index contributed by atoms with van der Waals surface area (Å²) in [4.78, 5) is 53.4. The second kappa shape index (κ2) is 13.5. The Kier molecular flexibility index (Phi) is 11.8. The van der Waals surface area contributed by atoms with Crippen molar-refractivity contribution in [1.82, 2.24) is 15.5 Å². The molecule has 0 bridgehead atoms. The normalized spacial score (nSPS) is 13.2. The third-order valence-electron chi connectivity index (χ3n) is 5.18. The first kappa shape index (κ1) is 31.3. The number of benzene rings is 1. The van der Waals surface area contributed by atoms with Gasteiger partial charge in [-0.05, 0) is 78.0 Å². The minimum atomic E-state index is -1.06. The highest BCUT2D eigenvalue weighted by molar-refractivity contribution is 7.98. The van der Waals surface area contributed by atoms with E-state index in [0.29, 0.717) is 17.7 Å². The second-order valence-corrected chi connectivity index (χ2v) is 11.4. The van der Waals surface area contributed by atoms with Crippen LogP contribution in [0.4, 0.5) is 4.79 Å². The largest absolute Gasteiger partial charge is 0.468 e. The zero-order valence-electron chi connectivity index (χ0n) is 22.9. The molecule has 1 aromatic rings. The summed E-state index contributed by atoms with van der Waals surface area (Å²) < 4.78 is 10.0. The zero-order valence-corrected chi connectivity index (χ0v) is 23.7. The first-order valence-electron chi connectivity index (χ1n) is 11.8. The lowest BCUT2D eigenvalue weighted by atomic mass is 9.92. The van der Waals surface area contributed by atoms with E-state index in [2.05, 4.69) is 15.4 Å². The number of nitrogens with one attached hydrogen (secondary N) is 2. The van der Waals surface area contributed by atoms with Crippen LogP contribution in [0.2, 0.25) is 0 Å². The highest BCUT2D eigenvalue weighted by Crippen LogP contribution is 2.32. The summed E-state index contributed by atoms with van der Waals surface area (Å²) in [6.45, 7) is 12.2. The molecule has 1 rings (SSSR count). The molecule has 0 heterocycles. The Bertz CT molecular complexity index is 923. The number of methoxy groups -OCH3 is 1. The van der Waals surface area contributed by atoms with Gasteiger partial charge in [-0.1, -0.05) is 24.3 Å². The first-order chi connectivity index (χ1) is 16.6. The van der Waals surface area contributed by atoms with Crippen LogP contribution >= 0.6 is 11.8 Å². The molecule has 2 N–H and O–H groups in total. The molecule has 9 nitrogen and oxygen atoms in total. The van der Waals surface area contributed by atoms with E-state index in [4.69, 9.17) is 4.74 Å². The standard InChI is InChI=1S/C26H41N3O6S/c1-17-12-10-11-13-18(17)21(22(31)27-16-20(30)34-8)29(25(2,3)4)23(32)19(14-15-36-9)28-24(33)35-26(5,6)7/h10-13,19,21H,14-16H2,1-9H3,(H,27,31)(H,28,33). The number of esters is 1. The third-order valence-corrected chi connectivity index (χ3v) is 5.83. The minimum Gasteiger partial charge on any atom is -0.468 e. The van der Waals surface area contributed by atoms with E-state index in [-0.39, 0.29) is 6.54 Å². The minimum absolute atomic E-state index is 0.337. The molecule has 10 heteroatoms. The van der Waals surface area contributed by atoms with E-state index >= 15 is 0 Å². The van der Waals surface area contributed by atoms with Crippen LogP contribution in [0.25, 0.3) is 0 Å². The van der Waals surface area contributed by atoms with Crippen molar-refractivity contribution in [3.63, 3.8) is 0 Å². The quantitative estimate of drug-likeness (QED) is 0.451. The Hall–Kier alpha value is -2.75. The van der Waals surface area contributed by atoms with E-state index in [1.54, 1.807) is 44.7 Å². The van der Waals surface area contributed by atoms with Crippen molar-refractivity contribution in [3.05, 3.63) is 35.4 Å². The van der Waals surface area contributed by atoms with Gasteiger partial charge in [0.1, 0.15) is 24.2 Å². The molecule has 0 aliphatic heterocycles. The van der Waals surface area contributed by atoms with Gasteiger partial charge in [0, 0.05) is 5.54 Å². The lowest BCUT2D eigenvalue weighted by Gasteiger charge is -2.43. The molecule has 0 saturated carbocycles. The highest BCUT2D eigenvalue weighted by Gasteiger charge is 2.42. The smallest absolute Gasteiger partial charge is 0.408 e. The molecule has 202 valence electrons. The number of hydrogen-bond acceptors (Lipinski definition) is 7. The number of hydrogen-bond donors (Lipinski definition) is 2. The number of nitrogens with zero attached hydrogens (tertiary/aromatic N) is 1. The fourth-order valence-electron chi connectivity index (χ4n) is 3.58. The number of amides is 3. The van der Waals surface area contributed by atoms with Crippen molar-refractivity contribution >= 4 is 35.6 Å². The van der Waals surface area contributed by atoms with Crippen LogP contribution in [0, 0.1) is 6.92 Å². The molecule has 2 unspecified atom stereocenters. The average molecular weight is 524 g/mol. The number of carbonyl (C=O) groups excluding carboxylic acids is 4.